The van der Waals surface area contributed by atoms with Crippen molar-refractivity contribution in [2.45, 2.75) is 51.0 Å². The number of rotatable bonds is 5. The summed E-state index contributed by atoms with van der Waals surface area (Å²) in [5.74, 6) is -1.33. The minimum absolute atomic E-state index is 0.0758. The molecule has 2 rings (SSSR count). The van der Waals surface area contributed by atoms with Gasteiger partial charge in [0.15, 0.2) is 0 Å². The van der Waals surface area contributed by atoms with Crippen molar-refractivity contribution in [3.8, 4) is 0 Å². The number of aryl methyl sites for hydroxylation is 1. The van der Waals surface area contributed by atoms with Crippen molar-refractivity contribution < 1.29 is 14.7 Å². The number of carboxylic acid groups (broad SMARTS) is 1. The van der Waals surface area contributed by atoms with E-state index in [0.29, 0.717) is 24.3 Å². The van der Waals surface area contributed by atoms with E-state index in [4.69, 9.17) is 11.6 Å². The second kappa shape index (κ2) is 8.18. The van der Waals surface area contributed by atoms with E-state index < -0.39 is 11.9 Å². The first kappa shape index (κ1) is 16.8. The summed E-state index contributed by atoms with van der Waals surface area (Å²) in [7, 11) is 0. The molecule has 22 heavy (non-hydrogen) atoms. The van der Waals surface area contributed by atoms with Crippen LogP contribution in [0.25, 0.3) is 0 Å². The number of benzene rings is 1. The zero-order valence-electron chi connectivity index (χ0n) is 12.6. The second-order valence-electron chi connectivity index (χ2n) is 5.88. The Balaban J connectivity index is 1.86. The minimum Gasteiger partial charge on any atom is -0.481 e. The molecule has 120 valence electrons. The van der Waals surface area contributed by atoms with Crippen LogP contribution < -0.4 is 5.32 Å². The molecule has 4 nitrogen and oxygen atoms in total. The Bertz CT molecular complexity index is 515. The third-order valence-electron chi connectivity index (χ3n) is 4.23. The van der Waals surface area contributed by atoms with Crippen LogP contribution in [0.15, 0.2) is 24.3 Å². The highest BCUT2D eigenvalue weighted by Crippen LogP contribution is 2.24. The summed E-state index contributed by atoms with van der Waals surface area (Å²) in [5.41, 5.74) is 1.05. The molecule has 0 unspecified atom stereocenters. The predicted molar refractivity (Wildman–Crippen MR) is 85.9 cm³/mol. The lowest BCUT2D eigenvalue weighted by atomic mass is 9.94. The van der Waals surface area contributed by atoms with Gasteiger partial charge in [-0.05, 0) is 37.0 Å². The maximum atomic E-state index is 12.1. The number of halogens is 1. The van der Waals surface area contributed by atoms with Gasteiger partial charge >= 0.3 is 5.97 Å². The number of carbonyl (C=O) groups is 2. The van der Waals surface area contributed by atoms with Gasteiger partial charge in [-0.15, -0.1) is 0 Å². The van der Waals surface area contributed by atoms with Crippen molar-refractivity contribution in [2.75, 3.05) is 0 Å². The van der Waals surface area contributed by atoms with Gasteiger partial charge in [-0.1, -0.05) is 43.0 Å². The van der Waals surface area contributed by atoms with Gasteiger partial charge in [-0.2, -0.15) is 0 Å². The molecule has 1 aromatic carbocycles. The molecule has 1 amide bonds. The molecule has 1 aliphatic rings. The fourth-order valence-electron chi connectivity index (χ4n) is 2.96. The van der Waals surface area contributed by atoms with E-state index >= 15 is 0 Å². The first-order valence-electron chi connectivity index (χ1n) is 7.83. The van der Waals surface area contributed by atoms with Crippen LogP contribution in [-0.4, -0.2) is 23.0 Å². The van der Waals surface area contributed by atoms with Gasteiger partial charge in [0.1, 0.15) is 0 Å². The number of aliphatic carboxylic acids is 1. The molecule has 1 saturated carbocycles. The number of hydrogen-bond acceptors (Lipinski definition) is 2. The summed E-state index contributed by atoms with van der Waals surface area (Å²) < 4.78 is 0. The van der Waals surface area contributed by atoms with E-state index in [2.05, 4.69) is 5.32 Å². The highest BCUT2D eigenvalue weighted by Gasteiger charge is 2.30. The quantitative estimate of drug-likeness (QED) is 0.816. The van der Waals surface area contributed by atoms with E-state index in [-0.39, 0.29) is 11.9 Å². The monoisotopic (exact) mass is 323 g/mol. The van der Waals surface area contributed by atoms with Crippen molar-refractivity contribution in [1.29, 1.82) is 0 Å². The molecule has 0 radical (unpaired) electrons. The first-order chi connectivity index (χ1) is 10.6. The van der Waals surface area contributed by atoms with Gasteiger partial charge < -0.3 is 10.4 Å². The molecule has 0 bridgehead atoms. The molecule has 0 aliphatic heterocycles. The summed E-state index contributed by atoms with van der Waals surface area (Å²) in [5, 5.41) is 12.9. The Hall–Kier alpha value is -1.55. The summed E-state index contributed by atoms with van der Waals surface area (Å²) in [6.07, 6.45) is 5.35. The van der Waals surface area contributed by atoms with Crippen molar-refractivity contribution in [3.63, 3.8) is 0 Å². The summed E-state index contributed by atoms with van der Waals surface area (Å²) in [6.45, 7) is 0. The van der Waals surface area contributed by atoms with Crippen LogP contribution in [0.5, 0.6) is 0 Å². The molecule has 5 heteroatoms. The summed E-state index contributed by atoms with van der Waals surface area (Å²) >= 11 is 5.83. The lowest BCUT2D eigenvalue weighted by Gasteiger charge is -2.22. The zero-order valence-corrected chi connectivity index (χ0v) is 13.3. The Morgan fingerprint density at radius 1 is 1.14 bits per heavy atom. The Morgan fingerprint density at radius 3 is 2.50 bits per heavy atom. The lowest BCUT2D eigenvalue weighted by molar-refractivity contribution is -0.143. The van der Waals surface area contributed by atoms with Crippen LogP contribution in [0.4, 0.5) is 0 Å². The second-order valence-corrected chi connectivity index (χ2v) is 6.32. The Kier molecular flexibility index (Phi) is 6.25. The van der Waals surface area contributed by atoms with Crippen LogP contribution in [-0.2, 0) is 16.0 Å². The summed E-state index contributed by atoms with van der Waals surface area (Å²) in [4.78, 5) is 23.4. The number of carbonyl (C=O) groups excluding carboxylic acids is 1. The number of carboxylic acids is 1. The minimum atomic E-state index is -0.801. The van der Waals surface area contributed by atoms with Crippen molar-refractivity contribution in [1.82, 2.24) is 5.32 Å². The van der Waals surface area contributed by atoms with Gasteiger partial charge in [0.05, 0.1) is 5.92 Å². The smallest absolute Gasteiger partial charge is 0.308 e. The molecular weight excluding hydrogens is 302 g/mol. The van der Waals surface area contributed by atoms with Gasteiger partial charge in [0, 0.05) is 17.5 Å². The predicted octanol–water partition coefficient (Wildman–Crippen LogP) is 3.42. The van der Waals surface area contributed by atoms with Crippen molar-refractivity contribution >= 4 is 23.5 Å². The van der Waals surface area contributed by atoms with Gasteiger partial charge in [0.25, 0.3) is 0 Å². The molecule has 2 N–H and O–H groups in total. The number of hydrogen-bond donors (Lipinski definition) is 2. The van der Waals surface area contributed by atoms with E-state index in [1.54, 1.807) is 12.1 Å². The van der Waals surface area contributed by atoms with E-state index in [9.17, 15) is 14.7 Å². The molecule has 1 aliphatic carbocycles. The maximum Gasteiger partial charge on any atom is 0.308 e. The third kappa shape index (κ3) is 5.02. The van der Waals surface area contributed by atoms with Crippen molar-refractivity contribution in [2.24, 2.45) is 5.92 Å². The summed E-state index contributed by atoms with van der Waals surface area (Å²) in [6, 6.07) is 7.18. The molecule has 0 heterocycles. The average molecular weight is 324 g/mol. The van der Waals surface area contributed by atoms with Crippen molar-refractivity contribution in [3.05, 3.63) is 34.9 Å². The Morgan fingerprint density at radius 2 is 1.82 bits per heavy atom. The van der Waals surface area contributed by atoms with Crippen LogP contribution in [0, 0.1) is 5.92 Å². The van der Waals surface area contributed by atoms with E-state index in [0.717, 1.165) is 31.2 Å². The maximum absolute atomic E-state index is 12.1. The van der Waals surface area contributed by atoms with Crippen LogP contribution >= 0.6 is 11.6 Å². The van der Waals surface area contributed by atoms with Gasteiger partial charge in [0.2, 0.25) is 5.91 Å². The molecule has 2 atom stereocenters. The highest BCUT2D eigenvalue weighted by atomic mass is 35.5. The molecule has 1 fully saturated rings. The molecular formula is C17H22ClNO3. The van der Waals surface area contributed by atoms with Gasteiger partial charge in [-0.3, -0.25) is 9.59 Å². The van der Waals surface area contributed by atoms with Gasteiger partial charge in [-0.25, -0.2) is 0 Å². The Labute approximate surface area is 135 Å². The first-order valence-corrected chi connectivity index (χ1v) is 8.20. The number of amides is 1. The fraction of sp³-hybridized carbons (Fsp3) is 0.529. The SMILES string of the molecule is O=C(CCc1ccc(Cl)cc1)N[C@H]1CCCCC[C@H]1C(=O)O. The largest absolute Gasteiger partial charge is 0.481 e. The highest BCUT2D eigenvalue weighted by molar-refractivity contribution is 6.30. The lowest BCUT2D eigenvalue weighted by Crippen LogP contribution is -2.42. The fourth-order valence-corrected chi connectivity index (χ4v) is 3.09. The standard InChI is InChI=1S/C17H22ClNO3/c18-13-9-6-12(7-10-13)8-11-16(20)19-15-5-3-1-2-4-14(15)17(21)22/h6-7,9-10,14-15H,1-5,8,11H2,(H,19,20)(H,21,22)/t14-,15+/m1/s1. The van der Waals surface area contributed by atoms with Crippen LogP contribution in [0.3, 0.4) is 0 Å². The van der Waals surface area contributed by atoms with Crippen LogP contribution in [0.1, 0.15) is 44.1 Å². The molecule has 1 aromatic rings. The third-order valence-corrected chi connectivity index (χ3v) is 4.49. The molecule has 0 saturated heterocycles. The normalized spacial score (nSPS) is 21.9. The van der Waals surface area contributed by atoms with E-state index in [1.807, 2.05) is 12.1 Å². The zero-order chi connectivity index (χ0) is 15.9. The topological polar surface area (TPSA) is 66.4 Å². The molecule has 0 aromatic heterocycles. The number of nitrogens with one attached hydrogen (secondary N) is 1. The average Bonchev–Trinajstić information content (AvgIpc) is 2.72. The van der Waals surface area contributed by atoms with E-state index in [1.165, 1.54) is 0 Å². The molecule has 0 spiro atoms. The van der Waals surface area contributed by atoms with Crippen LogP contribution in [0.2, 0.25) is 5.02 Å².